The number of rotatable bonds is 2. The molecule has 11 heavy (non-hydrogen) atoms. The van der Waals surface area contributed by atoms with Crippen molar-refractivity contribution in [2.75, 3.05) is 13.2 Å². The SMILES string of the molecule is NS(=O)(=O)N[C@H]1CCCOC1. The summed E-state index contributed by atoms with van der Waals surface area (Å²) in [4.78, 5) is 0. The fraction of sp³-hybridized carbons (Fsp3) is 1.00. The van der Waals surface area contributed by atoms with E-state index in [1.165, 1.54) is 0 Å². The molecule has 1 atom stereocenters. The zero-order valence-electron chi connectivity index (χ0n) is 6.12. The van der Waals surface area contributed by atoms with E-state index >= 15 is 0 Å². The molecule has 1 fully saturated rings. The van der Waals surface area contributed by atoms with Crippen molar-refractivity contribution in [1.29, 1.82) is 0 Å². The summed E-state index contributed by atoms with van der Waals surface area (Å²) in [5.41, 5.74) is 0. The molecular weight excluding hydrogens is 168 g/mol. The zero-order valence-corrected chi connectivity index (χ0v) is 6.93. The molecule has 0 spiro atoms. The lowest BCUT2D eigenvalue weighted by Gasteiger charge is -2.21. The smallest absolute Gasteiger partial charge is 0.274 e. The van der Waals surface area contributed by atoms with Crippen LogP contribution in [0.4, 0.5) is 0 Å². The maximum absolute atomic E-state index is 10.5. The lowest BCUT2D eigenvalue weighted by molar-refractivity contribution is 0.0774. The molecule has 1 heterocycles. The highest BCUT2D eigenvalue weighted by Crippen LogP contribution is 2.05. The Morgan fingerprint density at radius 1 is 1.55 bits per heavy atom. The molecule has 0 saturated carbocycles. The van der Waals surface area contributed by atoms with Gasteiger partial charge in [0.25, 0.3) is 10.2 Å². The fourth-order valence-electron chi connectivity index (χ4n) is 1.07. The molecule has 1 rings (SSSR count). The van der Waals surface area contributed by atoms with Crippen molar-refractivity contribution < 1.29 is 13.2 Å². The van der Waals surface area contributed by atoms with Crippen LogP contribution in [0.3, 0.4) is 0 Å². The van der Waals surface area contributed by atoms with E-state index in [2.05, 4.69) is 4.72 Å². The Balaban J connectivity index is 2.36. The normalized spacial score (nSPS) is 26.8. The summed E-state index contributed by atoms with van der Waals surface area (Å²) in [5, 5.41) is 4.77. The van der Waals surface area contributed by atoms with Crippen molar-refractivity contribution in [3.63, 3.8) is 0 Å². The highest BCUT2D eigenvalue weighted by Gasteiger charge is 2.17. The molecule has 0 aliphatic carbocycles. The average molecular weight is 180 g/mol. The van der Waals surface area contributed by atoms with Crippen molar-refractivity contribution in [3.05, 3.63) is 0 Å². The third-order valence-electron chi connectivity index (χ3n) is 1.49. The second-order valence-corrected chi connectivity index (χ2v) is 3.90. The molecule has 0 aromatic carbocycles. The van der Waals surface area contributed by atoms with Gasteiger partial charge in [0.1, 0.15) is 0 Å². The van der Waals surface area contributed by atoms with Crippen LogP contribution in [0.1, 0.15) is 12.8 Å². The Kier molecular flexibility index (Phi) is 2.83. The highest BCUT2D eigenvalue weighted by atomic mass is 32.2. The van der Waals surface area contributed by atoms with E-state index in [-0.39, 0.29) is 6.04 Å². The van der Waals surface area contributed by atoms with Gasteiger partial charge in [0.15, 0.2) is 0 Å². The molecule has 5 nitrogen and oxygen atoms in total. The van der Waals surface area contributed by atoms with Crippen molar-refractivity contribution in [2.24, 2.45) is 5.14 Å². The predicted octanol–water partition coefficient (Wildman–Crippen LogP) is -1.04. The first-order chi connectivity index (χ1) is 5.08. The zero-order chi connectivity index (χ0) is 8.32. The molecule has 66 valence electrons. The molecule has 0 radical (unpaired) electrons. The second-order valence-electron chi connectivity index (χ2n) is 2.58. The summed E-state index contributed by atoms with van der Waals surface area (Å²) >= 11 is 0. The van der Waals surface area contributed by atoms with Crippen LogP contribution in [0.25, 0.3) is 0 Å². The third-order valence-corrected chi connectivity index (χ3v) is 2.15. The maximum atomic E-state index is 10.5. The van der Waals surface area contributed by atoms with Crippen LogP contribution in [0.5, 0.6) is 0 Å². The van der Waals surface area contributed by atoms with Crippen LogP contribution in [-0.2, 0) is 14.9 Å². The molecular formula is C5H12N2O3S. The largest absolute Gasteiger partial charge is 0.380 e. The van der Waals surface area contributed by atoms with Crippen LogP contribution < -0.4 is 9.86 Å². The first-order valence-corrected chi connectivity index (χ1v) is 5.00. The Morgan fingerprint density at radius 2 is 2.27 bits per heavy atom. The third kappa shape index (κ3) is 3.66. The molecule has 1 aliphatic rings. The predicted molar refractivity (Wildman–Crippen MR) is 40.1 cm³/mol. The van der Waals surface area contributed by atoms with Crippen molar-refractivity contribution in [1.82, 2.24) is 4.72 Å². The van der Waals surface area contributed by atoms with E-state index in [4.69, 9.17) is 9.88 Å². The van der Waals surface area contributed by atoms with Gasteiger partial charge in [-0.2, -0.15) is 13.1 Å². The van der Waals surface area contributed by atoms with Crippen LogP contribution in [0.15, 0.2) is 0 Å². The van der Waals surface area contributed by atoms with Gasteiger partial charge in [-0.15, -0.1) is 0 Å². The molecule has 0 amide bonds. The summed E-state index contributed by atoms with van der Waals surface area (Å²) in [6.07, 6.45) is 1.68. The quantitative estimate of drug-likeness (QED) is 0.569. The topological polar surface area (TPSA) is 81.4 Å². The first-order valence-electron chi connectivity index (χ1n) is 3.46. The second kappa shape index (κ2) is 3.48. The van der Waals surface area contributed by atoms with Crippen molar-refractivity contribution in [2.45, 2.75) is 18.9 Å². The molecule has 1 aliphatic heterocycles. The summed E-state index contributed by atoms with van der Waals surface area (Å²) in [6.45, 7) is 1.14. The van der Waals surface area contributed by atoms with E-state index in [0.29, 0.717) is 13.2 Å². The van der Waals surface area contributed by atoms with Gasteiger partial charge in [-0.05, 0) is 12.8 Å². The molecule has 3 N–H and O–H groups in total. The summed E-state index contributed by atoms with van der Waals surface area (Å²) < 4.78 is 28.3. The Hall–Kier alpha value is -0.170. The van der Waals surface area contributed by atoms with Crippen molar-refractivity contribution in [3.8, 4) is 0 Å². The lowest BCUT2D eigenvalue weighted by Crippen LogP contribution is -2.43. The van der Waals surface area contributed by atoms with Crippen LogP contribution in [0, 0.1) is 0 Å². The molecule has 0 unspecified atom stereocenters. The fourth-order valence-corrected chi connectivity index (χ4v) is 1.72. The number of hydrogen-bond donors (Lipinski definition) is 2. The minimum atomic E-state index is -3.55. The van der Waals surface area contributed by atoms with Crippen LogP contribution in [-0.4, -0.2) is 27.7 Å². The first kappa shape index (κ1) is 8.92. The Labute approximate surface area is 66.1 Å². The van der Waals surface area contributed by atoms with Crippen molar-refractivity contribution >= 4 is 10.2 Å². The van der Waals surface area contributed by atoms with Crippen LogP contribution >= 0.6 is 0 Å². The average Bonchev–Trinajstić information content (AvgIpc) is 1.85. The number of nitrogens with two attached hydrogens (primary N) is 1. The van der Waals surface area contributed by atoms with Gasteiger partial charge >= 0.3 is 0 Å². The van der Waals surface area contributed by atoms with Gasteiger partial charge in [0, 0.05) is 12.6 Å². The summed E-state index contributed by atoms with van der Waals surface area (Å²) in [5.74, 6) is 0. The minimum absolute atomic E-state index is 0.140. The van der Waals surface area contributed by atoms with Crippen LogP contribution in [0.2, 0.25) is 0 Å². The molecule has 0 aromatic heterocycles. The lowest BCUT2D eigenvalue weighted by atomic mass is 10.1. The molecule has 1 saturated heterocycles. The van der Waals surface area contributed by atoms with E-state index in [9.17, 15) is 8.42 Å². The number of hydrogen-bond acceptors (Lipinski definition) is 3. The van der Waals surface area contributed by atoms with E-state index in [0.717, 1.165) is 12.8 Å². The van der Waals surface area contributed by atoms with E-state index in [1.807, 2.05) is 0 Å². The molecule has 0 bridgehead atoms. The van der Waals surface area contributed by atoms with E-state index in [1.54, 1.807) is 0 Å². The molecule has 6 heteroatoms. The number of nitrogens with one attached hydrogen (secondary N) is 1. The van der Waals surface area contributed by atoms with Gasteiger partial charge in [-0.3, -0.25) is 0 Å². The van der Waals surface area contributed by atoms with Gasteiger partial charge in [0.2, 0.25) is 0 Å². The molecule has 0 aromatic rings. The monoisotopic (exact) mass is 180 g/mol. The summed E-state index contributed by atoms with van der Waals surface area (Å²) in [6, 6.07) is -0.140. The Bertz CT molecular complexity index is 208. The maximum Gasteiger partial charge on any atom is 0.274 e. The minimum Gasteiger partial charge on any atom is -0.380 e. The highest BCUT2D eigenvalue weighted by molar-refractivity contribution is 7.87. The van der Waals surface area contributed by atoms with Gasteiger partial charge in [-0.25, -0.2) is 5.14 Å². The Morgan fingerprint density at radius 3 is 2.73 bits per heavy atom. The van der Waals surface area contributed by atoms with Gasteiger partial charge < -0.3 is 4.74 Å². The summed E-state index contributed by atoms with van der Waals surface area (Å²) in [7, 11) is -3.55. The van der Waals surface area contributed by atoms with Gasteiger partial charge in [0.05, 0.1) is 6.61 Å². The van der Waals surface area contributed by atoms with Gasteiger partial charge in [-0.1, -0.05) is 0 Å². The number of ether oxygens (including phenoxy) is 1. The van der Waals surface area contributed by atoms with E-state index < -0.39 is 10.2 Å². The standard InChI is InChI=1S/C5H12N2O3S/c6-11(8,9)7-5-2-1-3-10-4-5/h5,7H,1-4H2,(H2,6,8,9)/t5-/m0/s1.